The number of benzene rings is 2. The van der Waals surface area contributed by atoms with Crippen LogP contribution in [0.25, 0.3) is 0 Å². The zero-order chi connectivity index (χ0) is 16.3. The molecule has 0 fully saturated rings. The van der Waals surface area contributed by atoms with E-state index in [1.165, 1.54) is 16.7 Å². The number of hydrogen-bond donors (Lipinski definition) is 0. The highest BCUT2D eigenvalue weighted by Crippen LogP contribution is 2.34. The molecule has 0 unspecified atom stereocenters. The molecule has 2 rings (SSSR count). The maximum absolute atomic E-state index is 12.6. The molecule has 0 saturated carbocycles. The topological polar surface area (TPSA) is 20.3 Å². The van der Waals surface area contributed by atoms with E-state index in [4.69, 9.17) is 0 Å². The van der Waals surface area contributed by atoms with Gasteiger partial charge in [-0.15, -0.1) is 0 Å². The lowest BCUT2D eigenvalue weighted by Crippen LogP contribution is -2.26. The van der Waals surface area contributed by atoms with Gasteiger partial charge in [-0.2, -0.15) is 0 Å². The molecule has 0 saturated heterocycles. The van der Waals surface area contributed by atoms with E-state index in [9.17, 15) is 4.79 Å². The van der Waals surface area contributed by atoms with E-state index in [0.717, 1.165) is 23.4 Å². The van der Waals surface area contributed by atoms with E-state index in [0.29, 0.717) is 6.42 Å². The smallest absolute Gasteiger partial charge is 0.231 e. The zero-order valence-electron chi connectivity index (χ0n) is 14.2. The summed E-state index contributed by atoms with van der Waals surface area (Å²) in [6, 6.07) is 12.5. The average Bonchev–Trinajstić information content (AvgIpc) is 2.50. The van der Waals surface area contributed by atoms with Gasteiger partial charge in [0.1, 0.15) is 0 Å². The predicted molar refractivity (Wildman–Crippen MR) is 93.9 cm³/mol. The SMILES string of the molecule is CCC(=O)N(c1ccc(C)cc1)c1c(C)cc(C)cc1CC. The molecule has 0 bridgehead atoms. The van der Waals surface area contributed by atoms with Gasteiger partial charge in [-0.05, 0) is 50.5 Å². The van der Waals surface area contributed by atoms with Gasteiger partial charge in [-0.1, -0.05) is 49.2 Å². The summed E-state index contributed by atoms with van der Waals surface area (Å²) in [5.74, 6) is 0.130. The minimum atomic E-state index is 0.130. The third kappa shape index (κ3) is 3.22. The first-order chi connectivity index (χ1) is 10.5. The second-order valence-electron chi connectivity index (χ2n) is 5.86. The van der Waals surface area contributed by atoms with Crippen LogP contribution in [0.15, 0.2) is 36.4 Å². The quantitative estimate of drug-likeness (QED) is 0.754. The van der Waals surface area contributed by atoms with Crippen LogP contribution in [0.3, 0.4) is 0 Å². The molecule has 1 amide bonds. The van der Waals surface area contributed by atoms with E-state index < -0.39 is 0 Å². The maximum atomic E-state index is 12.6. The van der Waals surface area contributed by atoms with Gasteiger partial charge < -0.3 is 0 Å². The van der Waals surface area contributed by atoms with Crippen LogP contribution in [0, 0.1) is 20.8 Å². The Morgan fingerprint density at radius 1 is 0.955 bits per heavy atom. The Labute approximate surface area is 133 Å². The molecule has 0 spiro atoms. The minimum absolute atomic E-state index is 0.130. The zero-order valence-corrected chi connectivity index (χ0v) is 14.2. The van der Waals surface area contributed by atoms with Gasteiger partial charge in [0.2, 0.25) is 5.91 Å². The van der Waals surface area contributed by atoms with Crippen molar-refractivity contribution < 1.29 is 4.79 Å². The van der Waals surface area contributed by atoms with Crippen molar-refractivity contribution in [1.82, 2.24) is 0 Å². The lowest BCUT2D eigenvalue weighted by atomic mass is 10.00. The summed E-state index contributed by atoms with van der Waals surface area (Å²) in [4.78, 5) is 14.5. The number of carbonyl (C=O) groups excluding carboxylic acids is 1. The molecule has 0 aliphatic heterocycles. The molecule has 0 N–H and O–H groups in total. The Morgan fingerprint density at radius 3 is 2.14 bits per heavy atom. The largest absolute Gasteiger partial charge is 0.281 e. The third-order valence-electron chi connectivity index (χ3n) is 3.97. The Kier molecular flexibility index (Phi) is 5.02. The van der Waals surface area contributed by atoms with Crippen molar-refractivity contribution in [3.05, 3.63) is 58.7 Å². The van der Waals surface area contributed by atoms with Crippen LogP contribution in [0.1, 0.15) is 42.5 Å². The van der Waals surface area contributed by atoms with Gasteiger partial charge >= 0.3 is 0 Å². The first-order valence-electron chi connectivity index (χ1n) is 7.97. The second-order valence-corrected chi connectivity index (χ2v) is 5.86. The van der Waals surface area contributed by atoms with Crippen LogP contribution in [0.5, 0.6) is 0 Å². The van der Waals surface area contributed by atoms with Crippen LogP contribution in [0.4, 0.5) is 11.4 Å². The van der Waals surface area contributed by atoms with E-state index >= 15 is 0 Å². The summed E-state index contributed by atoms with van der Waals surface area (Å²) in [7, 11) is 0. The number of anilines is 2. The molecule has 22 heavy (non-hydrogen) atoms. The van der Waals surface area contributed by atoms with Crippen LogP contribution >= 0.6 is 0 Å². The lowest BCUT2D eigenvalue weighted by molar-refractivity contribution is -0.117. The molecule has 2 aromatic rings. The van der Waals surface area contributed by atoms with Crippen molar-refractivity contribution in [2.24, 2.45) is 0 Å². The van der Waals surface area contributed by atoms with Crippen LogP contribution in [0.2, 0.25) is 0 Å². The molecule has 0 aromatic heterocycles. The second kappa shape index (κ2) is 6.78. The summed E-state index contributed by atoms with van der Waals surface area (Å²) in [6.07, 6.45) is 1.40. The summed E-state index contributed by atoms with van der Waals surface area (Å²) >= 11 is 0. The molecule has 0 heterocycles. The highest BCUT2D eigenvalue weighted by atomic mass is 16.2. The molecule has 116 valence electrons. The highest BCUT2D eigenvalue weighted by molar-refractivity contribution is 6.01. The van der Waals surface area contributed by atoms with Crippen molar-refractivity contribution in [3.63, 3.8) is 0 Å². The Morgan fingerprint density at radius 2 is 1.59 bits per heavy atom. The number of rotatable bonds is 4. The van der Waals surface area contributed by atoms with E-state index in [1.807, 2.05) is 24.0 Å². The van der Waals surface area contributed by atoms with Crippen molar-refractivity contribution in [2.45, 2.75) is 47.5 Å². The van der Waals surface area contributed by atoms with Gasteiger partial charge in [-0.25, -0.2) is 0 Å². The summed E-state index contributed by atoms with van der Waals surface area (Å²) in [5, 5.41) is 0. The number of hydrogen-bond acceptors (Lipinski definition) is 1. The normalized spacial score (nSPS) is 10.6. The fraction of sp³-hybridized carbons (Fsp3) is 0.350. The highest BCUT2D eigenvalue weighted by Gasteiger charge is 2.21. The third-order valence-corrected chi connectivity index (χ3v) is 3.97. The van der Waals surface area contributed by atoms with E-state index in [1.54, 1.807) is 0 Å². The summed E-state index contributed by atoms with van der Waals surface area (Å²) in [6.45, 7) is 10.3. The average molecular weight is 295 g/mol. The first kappa shape index (κ1) is 16.3. The monoisotopic (exact) mass is 295 g/mol. The first-order valence-corrected chi connectivity index (χ1v) is 7.97. The minimum Gasteiger partial charge on any atom is -0.281 e. The Balaban J connectivity index is 2.65. The maximum Gasteiger partial charge on any atom is 0.231 e. The molecular weight excluding hydrogens is 270 g/mol. The fourth-order valence-corrected chi connectivity index (χ4v) is 2.89. The van der Waals surface area contributed by atoms with Crippen molar-refractivity contribution >= 4 is 17.3 Å². The molecule has 0 aliphatic rings. The van der Waals surface area contributed by atoms with E-state index in [-0.39, 0.29) is 5.91 Å². The number of nitrogens with zero attached hydrogens (tertiary/aromatic N) is 1. The number of carbonyl (C=O) groups is 1. The molecule has 2 heteroatoms. The summed E-state index contributed by atoms with van der Waals surface area (Å²) in [5.41, 5.74) is 6.80. The lowest BCUT2D eigenvalue weighted by Gasteiger charge is -2.27. The van der Waals surface area contributed by atoms with Gasteiger partial charge in [-0.3, -0.25) is 9.69 Å². The van der Waals surface area contributed by atoms with Gasteiger partial charge in [0.05, 0.1) is 5.69 Å². The molecule has 0 radical (unpaired) electrons. The molecule has 0 aliphatic carbocycles. The van der Waals surface area contributed by atoms with Gasteiger partial charge in [0.15, 0.2) is 0 Å². The molecule has 2 aromatic carbocycles. The fourth-order valence-electron chi connectivity index (χ4n) is 2.89. The summed E-state index contributed by atoms with van der Waals surface area (Å²) < 4.78 is 0. The van der Waals surface area contributed by atoms with Crippen LogP contribution < -0.4 is 4.90 Å². The Hall–Kier alpha value is -2.09. The number of amides is 1. The van der Waals surface area contributed by atoms with Crippen molar-refractivity contribution in [2.75, 3.05) is 4.90 Å². The Bertz CT molecular complexity index is 671. The molecule has 0 atom stereocenters. The molecule has 2 nitrogen and oxygen atoms in total. The van der Waals surface area contributed by atoms with Crippen LogP contribution in [-0.2, 0) is 11.2 Å². The number of aryl methyl sites for hydroxylation is 4. The standard InChI is InChI=1S/C20H25NO/c1-6-17-13-15(4)12-16(5)20(17)21(19(22)7-2)18-10-8-14(3)9-11-18/h8-13H,6-7H2,1-5H3. The van der Waals surface area contributed by atoms with Crippen molar-refractivity contribution in [1.29, 1.82) is 0 Å². The van der Waals surface area contributed by atoms with Gasteiger partial charge in [0, 0.05) is 12.1 Å². The van der Waals surface area contributed by atoms with Gasteiger partial charge in [0.25, 0.3) is 0 Å². The van der Waals surface area contributed by atoms with E-state index in [2.05, 4.69) is 52.0 Å². The predicted octanol–water partition coefficient (Wildman–Crippen LogP) is 5.25. The van der Waals surface area contributed by atoms with Crippen LogP contribution in [-0.4, -0.2) is 5.91 Å². The molecular formula is C20H25NO. The van der Waals surface area contributed by atoms with Crippen molar-refractivity contribution in [3.8, 4) is 0 Å².